The first-order valence-corrected chi connectivity index (χ1v) is 5.76. The van der Waals surface area contributed by atoms with Gasteiger partial charge in [0.1, 0.15) is 23.3 Å². The minimum atomic E-state index is 0.333. The van der Waals surface area contributed by atoms with Gasteiger partial charge in [-0.25, -0.2) is 9.97 Å². The molecule has 90 valence electrons. The van der Waals surface area contributed by atoms with E-state index in [0.717, 1.165) is 31.7 Å². The van der Waals surface area contributed by atoms with Crippen LogP contribution in [0.25, 0.3) is 0 Å². The maximum absolute atomic E-state index is 9.06. The number of ether oxygens (including phenoxy) is 1. The summed E-state index contributed by atoms with van der Waals surface area (Å²) in [7, 11) is 1.75. The predicted octanol–water partition coefficient (Wildman–Crippen LogP) is 1.27. The smallest absolute Gasteiger partial charge is 0.150 e. The zero-order valence-electron chi connectivity index (χ0n) is 10.2. The normalized spacial score (nSPS) is 16.9. The number of hydrogen-bond donors (Lipinski definition) is 0. The van der Waals surface area contributed by atoms with E-state index in [1.165, 1.54) is 0 Å². The van der Waals surface area contributed by atoms with E-state index in [1.54, 1.807) is 13.3 Å². The lowest BCUT2D eigenvalue weighted by molar-refractivity contribution is 0.0818. The lowest BCUT2D eigenvalue weighted by Gasteiger charge is -2.32. The molecule has 0 saturated carbocycles. The van der Waals surface area contributed by atoms with Crippen LogP contribution in [0.1, 0.15) is 24.2 Å². The SMILES string of the molecule is COC1CCN(c2nc(C)ncc2C#N)CC1. The molecule has 2 rings (SSSR count). The van der Waals surface area contributed by atoms with Gasteiger partial charge in [0.05, 0.1) is 12.3 Å². The number of hydrogen-bond acceptors (Lipinski definition) is 5. The molecule has 1 aromatic rings. The van der Waals surface area contributed by atoms with Crippen LogP contribution in [0.4, 0.5) is 5.82 Å². The highest BCUT2D eigenvalue weighted by atomic mass is 16.5. The Morgan fingerprint density at radius 2 is 2.18 bits per heavy atom. The van der Waals surface area contributed by atoms with E-state index in [4.69, 9.17) is 10.00 Å². The van der Waals surface area contributed by atoms with Crippen molar-refractivity contribution in [3.05, 3.63) is 17.6 Å². The molecule has 1 fully saturated rings. The first kappa shape index (κ1) is 11.8. The third kappa shape index (κ3) is 2.53. The molecule has 0 aliphatic carbocycles. The molecule has 0 atom stereocenters. The average Bonchev–Trinajstić information content (AvgIpc) is 2.39. The van der Waals surface area contributed by atoms with Crippen molar-refractivity contribution in [2.24, 2.45) is 0 Å². The predicted molar refractivity (Wildman–Crippen MR) is 63.7 cm³/mol. The van der Waals surface area contributed by atoms with Crippen molar-refractivity contribution in [3.63, 3.8) is 0 Å². The highest BCUT2D eigenvalue weighted by molar-refractivity contribution is 5.53. The fourth-order valence-electron chi connectivity index (χ4n) is 2.08. The van der Waals surface area contributed by atoms with Crippen molar-refractivity contribution in [1.29, 1.82) is 5.26 Å². The van der Waals surface area contributed by atoms with Gasteiger partial charge in [-0.1, -0.05) is 0 Å². The minimum absolute atomic E-state index is 0.333. The summed E-state index contributed by atoms with van der Waals surface area (Å²) in [5.74, 6) is 1.46. The second-order valence-electron chi connectivity index (χ2n) is 4.19. The number of aromatic nitrogens is 2. The van der Waals surface area contributed by atoms with Crippen LogP contribution >= 0.6 is 0 Å². The Labute approximate surface area is 101 Å². The Morgan fingerprint density at radius 3 is 2.76 bits per heavy atom. The molecule has 2 heterocycles. The van der Waals surface area contributed by atoms with Gasteiger partial charge < -0.3 is 9.64 Å². The van der Waals surface area contributed by atoms with E-state index in [1.807, 2.05) is 6.92 Å². The number of nitrogens with zero attached hydrogens (tertiary/aromatic N) is 4. The van der Waals surface area contributed by atoms with Crippen LogP contribution in [0.3, 0.4) is 0 Å². The number of piperidine rings is 1. The molecule has 0 bridgehead atoms. The summed E-state index contributed by atoms with van der Waals surface area (Å²) in [6, 6.07) is 2.15. The van der Waals surface area contributed by atoms with Crippen LogP contribution in [-0.4, -0.2) is 36.3 Å². The van der Waals surface area contributed by atoms with Crippen molar-refractivity contribution >= 4 is 5.82 Å². The third-order valence-corrected chi connectivity index (χ3v) is 3.08. The van der Waals surface area contributed by atoms with Crippen LogP contribution in [0, 0.1) is 18.3 Å². The molecule has 5 nitrogen and oxygen atoms in total. The molecule has 0 aromatic carbocycles. The number of aryl methyl sites for hydroxylation is 1. The van der Waals surface area contributed by atoms with Crippen LogP contribution in [0.2, 0.25) is 0 Å². The molecule has 1 aromatic heterocycles. The maximum atomic E-state index is 9.06. The van der Waals surface area contributed by atoms with Crippen LogP contribution in [-0.2, 0) is 4.74 Å². The molecular weight excluding hydrogens is 216 g/mol. The zero-order chi connectivity index (χ0) is 12.3. The molecule has 0 amide bonds. The Bertz CT molecular complexity index is 433. The summed E-state index contributed by atoms with van der Waals surface area (Å²) >= 11 is 0. The van der Waals surface area contributed by atoms with E-state index < -0.39 is 0 Å². The van der Waals surface area contributed by atoms with Crippen LogP contribution in [0.15, 0.2) is 6.20 Å². The summed E-state index contributed by atoms with van der Waals surface area (Å²) in [4.78, 5) is 10.6. The molecule has 0 radical (unpaired) electrons. The van der Waals surface area contributed by atoms with Crippen molar-refractivity contribution in [2.75, 3.05) is 25.1 Å². The summed E-state index contributed by atoms with van der Waals surface area (Å²) in [5.41, 5.74) is 0.548. The molecule has 1 aliphatic rings. The monoisotopic (exact) mass is 232 g/mol. The van der Waals surface area contributed by atoms with E-state index in [-0.39, 0.29) is 0 Å². The zero-order valence-corrected chi connectivity index (χ0v) is 10.2. The number of nitriles is 1. The van der Waals surface area contributed by atoms with Gasteiger partial charge in [0.2, 0.25) is 0 Å². The van der Waals surface area contributed by atoms with Crippen molar-refractivity contribution in [1.82, 2.24) is 9.97 Å². The van der Waals surface area contributed by atoms with Gasteiger partial charge in [0.15, 0.2) is 0 Å². The van der Waals surface area contributed by atoms with Crippen LogP contribution < -0.4 is 4.90 Å². The van der Waals surface area contributed by atoms with Gasteiger partial charge >= 0.3 is 0 Å². The lowest BCUT2D eigenvalue weighted by atomic mass is 10.1. The highest BCUT2D eigenvalue weighted by Crippen LogP contribution is 2.22. The third-order valence-electron chi connectivity index (χ3n) is 3.08. The largest absolute Gasteiger partial charge is 0.381 e. The van der Waals surface area contributed by atoms with E-state index in [0.29, 0.717) is 17.5 Å². The van der Waals surface area contributed by atoms with Gasteiger partial charge in [-0.05, 0) is 19.8 Å². The molecule has 0 unspecified atom stereocenters. The molecule has 1 aliphatic heterocycles. The topological polar surface area (TPSA) is 62.0 Å². The minimum Gasteiger partial charge on any atom is -0.381 e. The standard InChI is InChI=1S/C12H16N4O/c1-9-14-8-10(7-13)12(15-9)16-5-3-11(17-2)4-6-16/h8,11H,3-6H2,1-2H3. The summed E-state index contributed by atoms with van der Waals surface area (Å²) in [6.45, 7) is 3.60. The quantitative estimate of drug-likeness (QED) is 0.768. The van der Waals surface area contributed by atoms with Crippen molar-refractivity contribution in [3.8, 4) is 6.07 Å². The van der Waals surface area contributed by atoms with E-state index in [2.05, 4.69) is 20.9 Å². The summed E-state index contributed by atoms with van der Waals surface area (Å²) < 4.78 is 5.33. The van der Waals surface area contributed by atoms with Gasteiger partial charge in [0.25, 0.3) is 0 Å². The van der Waals surface area contributed by atoms with Gasteiger partial charge in [-0.15, -0.1) is 0 Å². The molecule has 1 saturated heterocycles. The maximum Gasteiger partial charge on any atom is 0.150 e. The Morgan fingerprint density at radius 1 is 1.47 bits per heavy atom. The van der Waals surface area contributed by atoms with E-state index in [9.17, 15) is 0 Å². The number of methoxy groups -OCH3 is 1. The van der Waals surface area contributed by atoms with Gasteiger partial charge in [-0.2, -0.15) is 5.26 Å². The fourth-order valence-corrected chi connectivity index (χ4v) is 2.08. The molecule has 5 heteroatoms. The first-order chi connectivity index (χ1) is 8.24. The highest BCUT2D eigenvalue weighted by Gasteiger charge is 2.21. The molecule has 0 N–H and O–H groups in total. The number of rotatable bonds is 2. The summed E-state index contributed by atoms with van der Waals surface area (Å²) in [6.07, 6.45) is 3.88. The summed E-state index contributed by atoms with van der Waals surface area (Å²) in [5, 5.41) is 9.06. The first-order valence-electron chi connectivity index (χ1n) is 5.76. The Hall–Kier alpha value is -1.67. The molecule has 17 heavy (non-hydrogen) atoms. The fraction of sp³-hybridized carbons (Fsp3) is 0.583. The van der Waals surface area contributed by atoms with Crippen LogP contribution in [0.5, 0.6) is 0 Å². The Kier molecular flexibility index (Phi) is 3.55. The second-order valence-corrected chi connectivity index (χ2v) is 4.19. The lowest BCUT2D eigenvalue weighted by Crippen LogP contribution is -2.37. The van der Waals surface area contributed by atoms with E-state index >= 15 is 0 Å². The molecular formula is C12H16N4O. The van der Waals surface area contributed by atoms with Gasteiger partial charge in [0, 0.05) is 20.2 Å². The van der Waals surface area contributed by atoms with Gasteiger partial charge in [-0.3, -0.25) is 0 Å². The second kappa shape index (κ2) is 5.11. The van der Waals surface area contributed by atoms with Crippen molar-refractivity contribution in [2.45, 2.75) is 25.9 Å². The molecule has 0 spiro atoms. The van der Waals surface area contributed by atoms with Crippen molar-refractivity contribution < 1.29 is 4.74 Å². The number of anilines is 1. The average molecular weight is 232 g/mol. The Balaban J connectivity index is 2.18.